The number of aliphatic carboxylic acids is 1. The number of ether oxygens (including phenoxy) is 2. The number of rotatable bonds is 6. The second kappa shape index (κ2) is 6.98. The van der Waals surface area contributed by atoms with Crippen molar-refractivity contribution in [3.63, 3.8) is 0 Å². The lowest BCUT2D eigenvalue weighted by molar-refractivity contribution is -0.144. The molecular weight excluding hydrogens is 286 g/mol. The van der Waals surface area contributed by atoms with Crippen LogP contribution in [-0.4, -0.2) is 41.3 Å². The number of nitrogens with zero attached hydrogens (tertiary/aromatic N) is 1. The summed E-state index contributed by atoms with van der Waals surface area (Å²) >= 11 is 0. The summed E-state index contributed by atoms with van der Waals surface area (Å²) in [6, 6.07) is 5.22. The molecule has 1 aliphatic heterocycles. The van der Waals surface area contributed by atoms with Gasteiger partial charge < -0.3 is 19.5 Å². The van der Waals surface area contributed by atoms with Gasteiger partial charge in [0.1, 0.15) is 6.54 Å². The third-order valence-electron chi connectivity index (χ3n) is 3.53. The van der Waals surface area contributed by atoms with Crippen LogP contribution in [0.3, 0.4) is 0 Å². The molecule has 0 aromatic heterocycles. The first kappa shape index (κ1) is 15.9. The number of fused-ring (bicyclic) bond motifs is 1. The second-order valence-electron chi connectivity index (χ2n) is 5.06. The fourth-order valence-corrected chi connectivity index (χ4v) is 2.10. The van der Waals surface area contributed by atoms with Gasteiger partial charge in [-0.2, -0.15) is 0 Å². The Labute approximate surface area is 128 Å². The average Bonchev–Trinajstić information content (AvgIpc) is 2.96. The summed E-state index contributed by atoms with van der Waals surface area (Å²) in [6.45, 7) is 3.63. The number of carboxylic acid groups (broad SMARTS) is 1. The van der Waals surface area contributed by atoms with Crippen LogP contribution >= 0.6 is 0 Å². The number of hydrogen-bond donors (Lipinski definition) is 1. The largest absolute Gasteiger partial charge is 0.480 e. The van der Waals surface area contributed by atoms with Crippen molar-refractivity contribution in [2.75, 3.05) is 13.3 Å². The maximum absolute atomic E-state index is 12.2. The van der Waals surface area contributed by atoms with Gasteiger partial charge in [-0.3, -0.25) is 9.59 Å². The summed E-state index contributed by atoms with van der Waals surface area (Å²) in [5, 5.41) is 8.92. The molecule has 1 heterocycles. The van der Waals surface area contributed by atoms with Crippen molar-refractivity contribution in [2.24, 2.45) is 0 Å². The van der Waals surface area contributed by atoms with Gasteiger partial charge in [-0.25, -0.2) is 0 Å². The van der Waals surface area contributed by atoms with Crippen molar-refractivity contribution in [3.05, 3.63) is 29.8 Å². The second-order valence-corrected chi connectivity index (χ2v) is 5.06. The van der Waals surface area contributed by atoms with E-state index in [0.717, 1.165) is 5.56 Å². The van der Waals surface area contributed by atoms with Gasteiger partial charge in [0.25, 0.3) is 0 Å². The molecule has 1 aliphatic rings. The number of carbonyl (C=O) groups is 2. The van der Waals surface area contributed by atoms with E-state index in [4.69, 9.17) is 14.6 Å². The van der Waals surface area contributed by atoms with E-state index < -0.39 is 5.97 Å². The van der Waals surface area contributed by atoms with E-state index in [2.05, 4.69) is 0 Å². The van der Waals surface area contributed by atoms with Gasteiger partial charge in [0.15, 0.2) is 11.5 Å². The molecule has 1 amide bonds. The standard InChI is InChI=1S/C16H19NO5/c1-3-11(2)17(9-16(19)20)15(18)7-5-12-4-6-13-14(8-12)22-10-21-13/h4-8,11H,3,9-10H2,1-2H3,(H,19,20). The number of carboxylic acids is 1. The highest BCUT2D eigenvalue weighted by Gasteiger charge is 2.19. The van der Waals surface area contributed by atoms with Gasteiger partial charge in [0.2, 0.25) is 12.7 Å². The molecule has 0 aliphatic carbocycles. The molecule has 1 aromatic rings. The van der Waals surface area contributed by atoms with Crippen LogP contribution < -0.4 is 9.47 Å². The summed E-state index contributed by atoms with van der Waals surface area (Å²) in [6.07, 6.45) is 3.71. The van der Waals surface area contributed by atoms with E-state index in [1.54, 1.807) is 18.2 Å². The first-order valence-corrected chi connectivity index (χ1v) is 7.11. The Morgan fingerprint density at radius 2 is 2.09 bits per heavy atom. The Hall–Kier alpha value is -2.50. The monoisotopic (exact) mass is 305 g/mol. The fraction of sp³-hybridized carbons (Fsp3) is 0.375. The van der Waals surface area contributed by atoms with Gasteiger partial charge >= 0.3 is 5.97 Å². The Balaban J connectivity index is 2.09. The number of carbonyl (C=O) groups excluding carboxylic acids is 1. The highest BCUT2D eigenvalue weighted by Crippen LogP contribution is 2.32. The Morgan fingerprint density at radius 3 is 2.77 bits per heavy atom. The van der Waals surface area contributed by atoms with Gasteiger partial charge in [-0.1, -0.05) is 13.0 Å². The van der Waals surface area contributed by atoms with Gasteiger partial charge in [-0.05, 0) is 37.1 Å². The van der Waals surface area contributed by atoms with Gasteiger partial charge in [-0.15, -0.1) is 0 Å². The van der Waals surface area contributed by atoms with Crippen molar-refractivity contribution in [3.8, 4) is 11.5 Å². The van der Waals surface area contributed by atoms with Crippen molar-refractivity contribution < 1.29 is 24.2 Å². The zero-order valence-corrected chi connectivity index (χ0v) is 12.6. The average molecular weight is 305 g/mol. The highest BCUT2D eigenvalue weighted by atomic mass is 16.7. The van der Waals surface area contributed by atoms with Crippen LogP contribution in [0.5, 0.6) is 11.5 Å². The third kappa shape index (κ3) is 3.78. The van der Waals surface area contributed by atoms with E-state index in [1.807, 2.05) is 19.9 Å². The predicted molar refractivity (Wildman–Crippen MR) is 80.7 cm³/mol. The van der Waals surface area contributed by atoms with Crippen LogP contribution in [0.1, 0.15) is 25.8 Å². The van der Waals surface area contributed by atoms with Crippen LogP contribution in [-0.2, 0) is 9.59 Å². The molecule has 1 aromatic carbocycles. The van der Waals surface area contributed by atoms with E-state index >= 15 is 0 Å². The van der Waals surface area contributed by atoms with E-state index in [9.17, 15) is 9.59 Å². The topological polar surface area (TPSA) is 76.1 Å². The summed E-state index contributed by atoms with van der Waals surface area (Å²) in [4.78, 5) is 24.4. The highest BCUT2D eigenvalue weighted by molar-refractivity contribution is 5.93. The lowest BCUT2D eigenvalue weighted by Crippen LogP contribution is -2.40. The molecule has 1 unspecified atom stereocenters. The molecule has 1 atom stereocenters. The van der Waals surface area contributed by atoms with Crippen molar-refractivity contribution >= 4 is 18.0 Å². The smallest absolute Gasteiger partial charge is 0.323 e. The molecule has 2 rings (SSSR count). The van der Waals surface area contributed by atoms with Crippen molar-refractivity contribution in [1.82, 2.24) is 4.90 Å². The molecule has 0 bridgehead atoms. The summed E-state index contributed by atoms with van der Waals surface area (Å²) < 4.78 is 10.5. The van der Waals surface area contributed by atoms with Crippen LogP contribution in [0, 0.1) is 0 Å². The van der Waals surface area contributed by atoms with Gasteiger partial charge in [0.05, 0.1) is 0 Å². The minimum Gasteiger partial charge on any atom is -0.480 e. The summed E-state index contributed by atoms with van der Waals surface area (Å²) in [7, 11) is 0. The molecule has 6 heteroatoms. The SMILES string of the molecule is CCC(C)N(CC(=O)O)C(=O)C=Cc1ccc2c(c1)OCO2. The Morgan fingerprint density at radius 1 is 1.36 bits per heavy atom. The zero-order valence-electron chi connectivity index (χ0n) is 12.6. The molecular formula is C16H19NO5. The summed E-state index contributed by atoms with van der Waals surface area (Å²) in [5.41, 5.74) is 0.789. The van der Waals surface area contributed by atoms with Crippen LogP contribution in [0.4, 0.5) is 0 Å². The van der Waals surface area contributed by atoms with E-state index in [-0.39, 0.29) is 25.3 Å². The van der Waals surface area contributed by atoms with Crippen molar-refractivity contribution in [1.29, 1.82) is 0 Å². The van der Waals surface area contributed by atoms with Crippen molar-refractivity contribution in [2.45, 2.75) is 26.3 Å². The Bertz CT molecular complexity index is 596. The molecule has 0 radical (unpaired) electrons. The minimum absolute atomic E-state index is 0.134. The molecule has 22 heavy (non-hydrogen) atoms. The molecule has 0 saturated heterocycles. The summed E-state index contributed by atoms with van der Waals surface area (Å²) in [5.74, 6) is -0.0333. The normalized spacial score (nSPS) is 14.1. The number of benzene rings is 1. The van der Waals surface area contributed by atoms with Gasteiger partial charge in [0, 0.05) is 12.1 Å². The van der Waals surface area contributed by atoms with E-state index in [1.165, 1.54) is 11.0 Å². The maximum atomic E-state index is 12.2. The molecule has 0 saturated carbocycles. The number of amides is 1. The van der Waals surface area contributed by atoms with Crippen LogP contribution in [0.25, 0.3) is 6.08 Å². The lowest BCUT2D eigenvalue weighted by atomic mass is 10.1. The third-order valence-corrected chi connectivity index (χ3v) is 3.53. The first-order valence-electron chi connectivity index (χ1n) is 7.11. The zero-order chi connectivity index (χ0) is 16.1. The minimum atomic E-state index is -1.02. The van der Waals surface area contributed by atoms with Crippen LogP contribution in [0.2, 0.25) is 0 Å². The lowest BCUT2D eigenvalue weighted by Gasteiger charge is -2.25. The molecule has 0 spiro atoms. The number of hydrogen-bond acceptors (Lipinski definition) is 4. The molecule has 0 fully saturated rings. The predicted octanol–water partition coefficient (Wildman–Crippen LogP) is 2.14. The maximum Gasteiger partial charge on any atom is 0.323 e. The van der Waals surface area contributed by atoms with Crippen LogP contribution in [0.15, 0.2) is 24.3 Å². The Kier molecular flexibility index (Phi) is 5.04. The molecule has 6 nitrogen and oxygen atoms in total. The quantitative estimate of drug-likeness (QED) is 0.815. The molecule has 1 N–H and O–H groups in total. The molecule has 118 valence electrons. The fourth-order valence-electron chi connectivity index (χ4n) is 2.10. The first-order chi connectivity index (χ1) is 10.5. The van der Waals surface area contributed by atoms with E-state index in [0.29, 0.717) is 17.9 Å².